The Morgan fingerprint density at radius 3 is 2.67 bits per heavy atom. The van der Waals surface area contributed by atoms with Crippen molar-refractivity contribution in [2.24, 2.45) is 0 Å². The van der Waals surface area contributed by atoms with E-state index < -0.39 is 0 Å². The van der Waals surface area contributed by atoms with Crippen molar-refractivity contribution in [3.05, 3.63) is 56.8 Å². The van der Waals surface area contributed by atoms with Gasteiger partial charge in [0.1, 0.15) is 0 Å². The Bertz CT molecular complexity index is 707. The summed E-state index contributed by atoms with van der Waals surface area (Å²) < 4.78 is 0.989. The van der Waals surface area contributed by atoms with Crippen LogP contribution in [0.2, 0.25) is 0 Å². The van der Waals surface area contributed by atoms with Gasteiger partial charge < -0.3 is 5.32 Å². The number of hydrogen-bond donors (Lipinski definition) is 1. The molecule has 0 amide bonds. The Labute approximate surface area is 132 Å². The van der Waals surface area contributed by atoms with Gasteiger partial charge in [-0.15, -0.1) is 0 Å². The summed E-state index contributed by atoms with van der Waals surface area (Å²) in [6, 6.07) is 10.2. The van der Waals surface area contributed by atoms with E-state index in [2.05, 4.69) is 27.3 Å². The number of allylic oxidation sites excluding steroid dienone is 4. The molecule has 0 saturated heterocycles. The number of Topliss-reactive ketones (excluding diaryl/α,β-unsaturated/α-hetero) is 1. The Morgan fingerprint density at radius 2 is 2.00 bits per heavy atom. The lowest BCUT2D eigenvalue weighted by atomic mass is 9.76. The van der Waals surface area contributed by atoms with Crippen LogP contribution in [0.3, 0.4) is 0 Å². The van der Waals surface area contributed by atoms with Gasteiger partial charge in [-0.05, 0) is 37.5 Å². The van der Waals surface area contributed by atoms with Crippen molar-refractivity contribution in [2.75, 3.05) is 0 Å². The van der Waals surface area contributed by atoms with Crippen LogP contribution in [0.5, 0.6) is 0 Å². The van der Waals surface area contributed by atoms with Crippen LogP contribution in [0, 0.1) is 11.3 Å². The van der Waals surface area contributed by atoms with E-state index in [1.165, 1.54) is 0 Å². The minimum absolute atomic E-state index is 0.164. The maximum atomic E-state index is 12.4. The Kier molecular flexibility index (Phi) is 3.69. The third kappa shape index (κ3) is 2.43. The molecule has 0 radical (unpaired) electrons. The van der Waals surface area contributed by atoms with Gasteiger partial charge in [0.2, 0.25) is 0 Å². The predicted molar refractivity (Wildman–Crippen MR) is 84.2 cm³/mol. The second-order valence-electron chi connectivity index (χ2n) is 5.43. The summed E-state index contributed by atoms with van der Waals surface area (Å²) in [5.74, 6) is -0.0657. The Hall–Kier alpha value is -1.86. The van der Waals surface area contributed by atoms with E-state index in [-0.39, 0.29) is 11.7 Å². The minimum atomic E-state index is -0.229. The van der Waals surface area contributed by atoms with Gasteiger partial charge in [-0.25, -0.2) is 0 Å². The molecule has 1 aromatic rings. The molecule has 2 aliphatic rings. The molecule has 0 spiro atoms. The molecule has 1 aliphatic carbocycles. The quantitative estimate of drug-likeness (QED) is 0.840. The van der Waals surface area contributed by atoms with E-state index >= 15 is 0 Å². The van der Waals surface area contributed by atoms with Gasteiger partial charge in [-0.1, -0.05) is 28.1 Å². The zero-order chi connectivity index (χ0) is 15.0. The molecule has 3 rings (SSSR count). The SMILES string of the molecule is CC1=C(C#N)C(c2ccc(Br)cc2)C2=C(CCCC2=O)N1. The molecular weight excluding hydrogens is 328 g/mol. The molecule has 21 heavy (non-hydrogen) atoms. The third-order valence-electron chi connectivity index (χ3n) is 4.10. The maximum absolute atomic E-state index is 12.4. The normalized spacial score (nSPS) is 21.8. The summed E-state index contributed by atoms with van der Waals surface area (Å²) in [4.78, 5) is 12.4. The summed E-state index contributed by atoms with van der Waals surface area (Å²) in [6.45, 7) is 1.91. The zero-order valence-electron chi connectivity index (χ0n) is 11.7. The van der Waals surface area contributed by atoms with Gasteiger partial charge in [-0.2, -0.15) is 5.26 Å². The maximum Gasteiger partial charge on any atom is 0.161 e. The molecular formula is C17H15BrN2O. The van der Waals surface area contributed by atoms with Crippen LogP contribution in [0.15, 0.2) is 51.3 Å². The number of dihydropyridines is 1. The minimum Gasteiger partial charge on any atom is -0.361 e. The first kappa shape index (κ1) is 14.1. The number of carbonyl (C=O) groups is 1. The van der Waals surface area contributed by atoms with Gasteiger partial charge in [0, 0.05) is 27.9 Å². The molecule has 0 fully saturated rings. The summed E-state index contributed by atoms with van der Waals surface area (Å²) >= 11 is 3.43. The number of nitriles is 1. The number of nitrogens with zero attached hydrogens (tertiary/aromatic N) is 1. The van der Waals surface area contributed by atoms with Crippen LogP contribution >= 0.6 is 15.9 Å². The van der Waals surface area contributed by atoms with Crippen molar-refractivity contribution in [1.29, 1.82) is 5.26 Å². The largest absolute Gasteiger partial charge is 0.361 e. The first-order chi connectivity index (χ1) is 10.1. The lowest BCUT2D eigenvalue weighted by Crippen LogP contribution is -2.31. The first-order valence-corrected chi connectivity index (χ1v) is 7.80. The van der Waals surface area contributed by atoms with Crippen LogP contribution in [0.25, 0.3) is 0 Å². The van der Waals surface area contributed by atoms with Crippen molar-refractivity contribution >= 4 is 21.7 Å². The molecule has 0 bridgehead atoms. The second kappa shape index (κ2) is 5.50. The number of benzene rings is 1. The fourth-order valence-electron chi connectivity index (χ4n) is 3.12. The summed E-state index contributed by atoms with van der Waals surface area (Å²) in [5, 5.41) is 12.8. The molecule has 1 atom stereocenters. The van der Waals surface area contributed by atoms with E-state index in [1.807, 2.05) is 31.2 Å². The molecule has 1 heterocycles. The average Bonchev–Trinajstić information content (AvgIpc) is 2.47. The standard InChI is InChI=1S/C17H15BrN2O/c1-10-13(9-19)16(11-5-7-12(18)8-6-11)17-14(20-10)3-2-4-15(17)21/h5-8,16,20H,2-4H2,1H3. The van der Waals surface area contributed by atoms with Crippen molar-refractivity contribution in [1.82, 2.24) is 5.32 Å². The molecule has 1 aromatic carbocycles. The Morgan fingerprint density at radius 1 is 1.29 bits per heavy atom. The van der Waals surface area contributed by atoms with Gasteiger partial charge >= 0.3 is 0 Å². The predicted octanol–water partition coefficient (Wildman–Crippen LogP) is 3.94. The fraction of sp³-hybridized carbons (Fsp3) is 0.294. The molecule has 106 valence electrons. The van der Waals surface area contributed by atoms with E-state index in [0.29, 0.717) is 12.0 Å². The molecule has 1 N–H and O–H groups in total. The van der Waals surface area contributed by atoms with Gasteiger partial charge in [0.15, 0.2) is 5.78 Å². The number of ketones is 1. The van der Waals surface area contributed by atoms with Crippen LogP contribution < -0.4 is 5.32 Å². The summed E-state index contributed by atoms with van der Waals surface area (Å²) in [7, 11) is 0. The molecule has 4 heteroatoms. The van der Waals surface area contributed by atoms with Crippen molar-refractivity contribution < 1.29 is 4.79 Å². The van der Waals surface area contributed by atoms with Crippen LogP contribution in [-0.4, -0.2) is 5.78 Å². The van der Waals surface area contributed by atoms with Crippen LogP contribution in [0.1, 0.15) is 37.7 Å². The average molecular weight is 343 g/mol. The zero-order valence-corrected chi connectivity index (χ0v) is 13.3. The van der Waals surface area contributed by atoms with Crippen molar-refractivity contribution in [3.63, 3.8) is 0 Å². The van der Waals surface area contributed by atoms with Gasteiger partial charge in [0.25, 0.3) is 0 Å². The lowest BCUT2D eigenvalue weighted by Gasteiger charge is -2.32. The second-order valence-corrected chi connectivity index (χ2v) is 6.34. The van der Waals surface area contributed by atoms with Crippen LogP contribution in [-0.2, 0) is 4.79 Å². The smallest absolute Gasteiger partial charge is 0.161 e. The highest BCUT2D eigenvalue weighted by atomic mass is 79.9. The number of rotatable bonds is 1. The number of carbonyl (C=O) groups excluding carboxylic acids is 1. The van der Waals surface area contributed by atoms with E-state index in [1.54, 1.807) is 0 Å². The lowest BCUT2D eigenvalue weighted by molar-refractivity contribution is -0.116. The first-order valence-electron chi connectivity index (χ1n) is 7.01. The molecule has 1 unspecified atom stereocenters. The van der Waals surface area contributed by atoms with E-state index in [9.17, 15) is 10.1 Å². The summed E-state index contributed by atoms with van der Waals surface area (Å²) in [5.41, 5.74) is 4.28. The third-order valence-corrected chi connectivity index (χ3v) is 4.63. The van der Waals surface area contributed by atoms with E-state index in [4.69, 9.17) is 0 Å². The molecule has 0 saturated carbocycles. The monoisotopic (exact) mass is 342 g/mol. The highest BCUT2D eigenvalue weighted by Crippen LogP contribution is 2.41. The Balaban J connectivity index is 2.17. The highest BCUT2D eigenvalue weighted by molar-refractivity contribution is 9.10. The van der Waals surface area contributed by atoms with Crippen LogP contribution in [0.4, 0.5) is 0 Å². The van der Waals surface area contributed by atoms with Gasteiger partial charge in [-0.3, -0.25) is 4.79 Å². The number of hydrogen-bond acceptors (Lipinski definition) is 3. The molecule has 0 aromatic heterocycles. The number of halogens is 1. The fourth-order valence-corrected chi connectivity index (χ4v) is 3.38. The molecule has 3 nitrogen and oxygen atoms in total. The van der Waals surface area contributed by atoms with Gasteiger partial charge in [0.05, 0.1) is 17.6 Å². The highest BCUT2D eigenvalue weighted by Gasteiger charge is 2.35. The van der Waals surface area contributed by atoms with Crippen molar-refractivity contribution in [2.45, 2.75) is 32.1 Å². The molecule has 1 aliphatic heterocycles. The number of nitrogens with one attached hydrogen (secondary N) is 1. The van der Waals surface area contributed by atoms with Crippen molar-refractivity contribution in [3.8, 4) is 6.07 Å². The summed E-state index contributed by atoms with van der Waals surface area (Å²) in [6.07, 6.45) is 2.34. The topological polar surface area (TPSA) is 52.9 Å². The van der Waals surface area contributed by atoms with E-state index in [0.717, 1.165) is 39.8 Å².